The Balaban J connectivity index is 1.76. The van der Waals surface area contributed by atoms with Gasteiger partial charge in [0.25, 0.3) is 0 Å². The zero-order chi connectivity index (χ0) is 13.5. The fourth-order valence-corrected chi connectivity index (χ4v) is 2.69. The van der Waals surface area contributed by atoms with Gasteiger partial charge in [-0.15, -0.1) is 0 Å². The Morgan fingerprint density at radius 1 is 1.21 bits per heavy atom. The van der Waals surface area contributed by atoms with Gasteiger partial charge in [0, 0.05) is 26.1 Å². The summed E-state index contributed by atoms with van der Waals surface area (Å²) in [7, 11) is 0. The number of hydrazine groups is 1. The maximum Gasteiger partial charge on any atom is 0.236 e. The third kappa shape index (κ3) is 4.06. The minimum absolute atomic E-state index is 0.278. The number of rotatable bonds is 6. The van der Waals surface area contributed by atoms with Gasteiger partial charge >= 0.3 is 0 Å². The lowest BCUT2D eigenvalue weighted by Crippen LogP contribution is -2.44. The van der Waals surface area contributed by atoms with Gasteiger partial charge in [0.15, 0.2) is 0 Å². The topological polar surface area (TPSA) is 23.6 Å². The van der Waals surface area contributed by atoms with Crippen LogP contribution < -0.4 is 0 Å². The zero-order valence-electron chi connectivity index (χ0n) is 11.8. The van der Waals surface area contributed by atoms with E-state index in [0.29, 0.717) is 6.42 Å². The summed E-state index contributed by atoms with van der Waals surface area (Å²) in [6, 6.07) is 10.4. The summed E-state index contributed by atoms with van der Waals surface area (Å²) in [6.45, 7) is 4.94. The van der Waals surface area contributed by atoms with Crippen molar-refractivity contribution in [3.63, 3.8) is 0 Å². The smallest absolute Gasteiger partial charge is 0.236 e. The molecule has 1 saturated heterocycles. The van der Waals surface area contributed by atoms with Crippen molar-refractivity contribution in [1.29, 1.82) is 0 Å². The van der Waals surface area contributed by atoms with Crippen molar-refractivity contribution in [2.75, 3.05) is 19.6 Å². The third-order valence-electron chi connectivity index (χ3n) is 3.71. The van der Waals surface area contributed by atoms with Crippen LogP contribution in [0.4, 0.5) is 0 Å². The van der Waals surface area contributed by atoms with E-state index in [1.807, 2.05) is 11.1 Å². The molecule has 1 aliphatic heterocycles. The van der Waals surface area contributed by atoms with E-state index in [4.69, 9.17) is 0 Å². The first-order valence-electron chi connectivity index (χ1n) is 7.40. The summed E-state index contributed by atoms with van der Waals surface area (Å²) in [5, 5.41) is 4.16. The molecule has 2 rings (SSSR count). The first kappa shape index (κ1) is 14.1. The lowest BCUT2D eigenvalue weighted by molar-refractivity contribution is -0.146. The Morgan fingerprint density at radius 2 is 1.89 bits per heavy atom. The normalized spacial score (nSPS) is 15.6. The zero-order valence-corrected chi connectivity index (χ0v) is 11.8. The van der Waals surface area contributed by atoms with Crippen molar-refractivity contribution in [1.82, 2.24) is 10.0 Å². The quantitative estimate of drug-likeness (QED) is 0.785. The number of aryl methyl sites for hydroxylation is 1. The predicted molar refractivity (Wildman–Crippen MR) is 77.6 cm³/mol. The van der Waals surface area contributed by atoms with Gasteiger partial charge in [-0.2, -0.15) is 0 Å². The van der Waals surface area contributed by atoms with Crippen molar-refractivity contribution >= 4 is 5.91 Å². The van der Waals surface area contributed by atoms with Gasteiger partial charge in [-0.1, -0.05) is 30.3 Å². The molecule has 1 fully saturated rings. The van der Waals surface area contributed by atoms with E-state index in [9.17, 15) is 4.79 Å². The van der Waals surface area contributed by atoms with Crippen LogP contribution in [0.25, 0.3) is 0 Å². The molecule has 0 atom stereocenters. The Morgan fingerprint density at radius 3 is 2.53 bits per heavy atom. The highest BCUT2D eigenvalue weighted by Crippen LogP contribution is 2.13. The molecule has 1 heterocycles. The third-order valence-corrected chi connectivity index (χ3v) is 3.71. The Bertz CT molecular complexity index is 385. The fourth-order valence-electron chi connectivity index (χ4n) is 2.69. The van der Waals surface area contributed by atoms with Crippen LogP contribution in [0.3, 0.4) is 0 Å². The maximum atomic E-state index is 12.2. The van der Waals surface area contributed by atoms with Crippen LogP contribution in [0.15, 0.2) is 30.3 Å². The van der Waals surface area contributed by atoms with E-state index in [-0.39, 0.29) is 5.91 Å². The van der Waals surface area contributed by atoms with E-state index >= 15 is 0 Å². The van der Waals surface area contributed by atoms with Crippen molar-refractivity contribution < 1.29 is 4.79 Å². The molecule has 0 spiro atoms. The number of carbonyl (C=O) groups is 1. The minimum atomic E-state index is 0.278. The fraction of sp³-hybridized carbons (Fsp3) is 0.562. The first-order chi connectivity index (χ1) is 9.31. The molecular formula is C16H24N2O. The molecule has 3 nitrogen and oxygen atoms in total. The number of hydrogen-bond acceptors (Lipinski definition) is 2. The van der Waals surface area contributed by atoms with Gasteiger partial charge in [-0.05, 0) is 38.2 Å². The molecule has 1 aliphatic rings. The average molecular weight is 260 g/mol. The van der Waals surface area contributed by atoms with Gasteiger partial charge < -0.3 is 0 Å². The highest BCUT2D eigenvalue weighted by molar-refractivity contribution is 5.75. The standard InChI is InChI=1S/C16H24N2O/c1-2-18(17-13-6-7-14-17)16(19)12-8-11-15-9-4-3-5-10-15/h3-5,9-10H,2,6-8,11-14H2,1H3. The average Bonchev–Trinajstić information content (AvgIpc) is 2.95. The van der Waals surface area contributed by atoms with E-state index in [0.717, 1.165) is 32.5 Å². The highest BCUT2D eigenvalue weighted by Gasteiger charge is 2.22. The summed E-state index contributed by atoms with van der Waals surface area (Å²) in [5.74, 6) is 0.278. The molecule has 1 aromatic rings. The second-order valence-corrected chi connectivity index (χ2v) is 5.11. The number of carbonyl (C=O) groups excluding carboxylic acids is 1. The van der Waals surface area contributed by atoms with Gasteiger partial charge in [0.05, 0.1) is 0 Å². The number of nitrogens with zero attached hydrogens (tertiary/aromatic N) is 2. The summed E-state index contributed by atoms with van der Waals surface area (Å²) in [5.41, 5.74) is 1.32. The molecule has 1 aromatic carbocycles. The minimum Gasteiger partial charge on any atom is -0.276 e. The summed E-state index contributed by atoms with van der Waals surface area (Å²) in [6.07, 6.45) is 5.01. The Kier molecular flexibility index (Phi) is 5.40. The molecule has 0 aromatic heterocycles. The van der Waals surface area contributed by atoms with E-state index in [1.165, 1.54) is 18.4 Å². The van der Waals surface area contributed by atoms with Crippen LogP contribution in [-0.4, -0.2) is 35.6 Å². The summed E-state index contributed by atoms with van der Waals surface area (Å²) in [4.78, 5) is 12.2. The van der Waals surface area contributed by atoms with E-state index in [2.05, 4.69) is 36.2 Å². The maximum absolute atomic E-state index is 12.2. The van der Waals surface area contributed by atoms with Gasteiger partial charge in [-0.3, -0.25) is 9.80 Å². The van der Waals surface area contributed by atoms with Crippen LogP contribution in [0, 0.1) is 0 Å². The summed E-state index contributed by atoms with van der Waals surface area (Å²) >= 11 is 0. The monoisotopic (exact) mass is 260 g/mol. The molecule has 104 valence electrons. The van der Waals surface area contributed by atoms with Crippen molar-refractivity contribution in [3.05, 3.63) is 35.9 Å². The van der Waals surface area contributed by atoms with Crippen LogP contribution in [0.1, 0.15) is 38.2 Å². The number of benzene rings is 1. The predicted octanol–water partition coefficient (Wildman–Crippen LogP) is 2.87. The SMILES string of the molecule is CCN(C(=O)CCCc1ccccc1)N1CCCC1. The molecule has 0 radical (unpaired) electrons. The molecule has 0 unspecified atom stereocenters. The molecule has 0 aliphatic carbocycles. The summed E-state index contributed by atoms with van der Waals surface area (Å²) < 4.78 is 0. The van der Waals surface area contributed by atoms with Crippen LogP contribution >= 0.6 is 0 Å². The van der Waals surface area contributed by atoms with Crippen molar-refractivity contribution in [3.8, 4) is 0 Å². The molecule has 0 bridgehead atoms. The highest BCUT2D eigenvalue weighted by atomic mass is 16.2. The van der Waals surface area contributed by atoms with Crippen LogP contribution in [0.2, 0.25) is 0 Å². The van der Waals surface area contributed by atoms with E-state index in [1.54, 1.807) is 0 Å². The Hall–Kier alpha value is -1.35. The second-order valence-electron chi connectivity index (χ2n) is 5.11. The number of amides is 1. The second kappa shape index (κ2) is 7.29. The van der Waals surface area contributed by atoms with E-state index < -0.39 is 0 Å². The first-order valence-corrected chi connectivity index (χ1v) is 7.40. The van der Waals surface area contributed by atoms with Crippen molar-refractivity contribution in [2.45, 2.75) is 39.0 Å². The van der Waals surface area contributed by atoms with Crippen LogP contribution in [0.5, 0.6) is 0 Å². The molecule has 0 saturated carbocycles. The molecule has 0 N–H and O–H groups in total. The van der Waals surface area contributed by atoms with Crippen molar-refractivity contribution in [2.24, 2.45) is 0 Å². The molecule has 19 heavy (non-hydrogen) atoms. The largest absolute Gasteiger partial charge is 0.276 e. The lowest BCUT2D eigenvalue weighted by Gasteiger charge is -2.30. The molecule has 1 amide bonds. The van der Waals surface area contributed by atoms with Gasteiger partial charge in [-0.25, -0.2) is 5.01 Å². The molecule has 3 heteroatoms. The van der Waals surface area contributed by atoms with Gasteiger partial charge in [0.2, 0.25) is 5.91 Å². The lowest BCUT2D eigenvalue weighted by atomic mass is 10.1. The van der Waals surface area contributed by atoms with Gasteiger partial charge in [0.1, 0.15) is 0 Å². The van der Waals surface area contributed by atoms with Crippen LogP contribution in [-0.2, 0) is 11.2 Å². The number of hydrogen-bond donors (Lipinski definition) is 0. The molecular weight excluding hydrogens is 236 g/mol. The Labute approximate surface area is 116 Å².